The predicted octanol–water partition coefficient (Wildman–Crippen LogP) is 3.33. The summed E-state index contributed by atoms with van der Waals surface area (Å²) in [5, 5.41) is 19.9. The summed E-state index contributed by atoms with van der Waals surface area (Å²) in [7, 11) is 2.87. The smallest absolute Gasteiger partial charge is 0.274 e. The minimum absolute atomic E-state index is 0.115. The highest BCUT2D eigenvalue weighted by Crippen LogP contribution is 2.30. The Morgan fingerprint density at radius 3 is 1.97 bits per heavy atom. The van der Waals surface area contributed by atoms with Gasteiger partial charge in [0.2, 0.25) is 5.88 Å². The number of aromatic hydroxyl groups is 1. The number of allylic oxidation sites excluding steroid dienone is 1. The summed E-state index contributed by atoms with van der Waals surface area (Å²) in [5.74, 6) is -0.893. The van der Waals surface area contributed by atoms with E-state index in [0.29, 0.717) is 23.4 Å². The van der Waals surface area contributed by atoms with Gasteiger partial charge in [0, 0.05) is 6.08 Å². The van der Waals surface area contributed by atoms with Crippen LogP contribution in [0, 0.1) is 4.77 Å². The molecule has 154 valence electrons. The second-order valence-corrected chi connectivity index (χ2v) is 6.35. The van der Waals surface area contributed by atoms with Crippen molar-refractivity contribution in [2.75, 3.05) is 14.2 Å². The van der Waals surface area contributed by atoms with Crippen molar-refractivity contribution in [1.82, 2.24) is 9.13 Å². The summed E-state index contributed by atoms with van der Waals surface area (Å²) in [6.45, 7) is 0. The molecule has 0 fully saturated rings. The third-order valence-corrected chi connectivity index (χ3v) is 4.72. The quantitative estimate of drug-likeness (QED) is 0.270. The second-order valence-electron chi connectivity index (χ2n) is 5.98. The molecule has 2 N–H and O–H groups in total. The molecular formula is C21H18N2O6S. The molecule has 3 aromatic rings. The average Bonchev–Trinajstić information content (AvgIpc) is 2.74. The number of aliphatic hydroxyl groups is 1. The number of hydrogen-bond acceptors (Lipinski definition) is 7. The van der Waals surface area contributed by atoms with Crippen LogP contribution in [0.4, 0.5) is 0 Å². The molecule has 0 aliphatic rings. The first kappa shape index (κ1) is 20.9. The minimum Gasteiger partial charge on any atom is -0.515 e. The van der Waals surface area contributed by atoms with Crippen molar-refractivity contribution in [1.29, 1.82) is 0 Å². The third-order valence-electron chi connectivity index (χ3n) is 4.36. The summed E-state index contributed by atoms with van der Waals surface area (Å²) in [5.41, 5.74) is -0.851. The first-order chi connectivity index (χ1) is 14.5. The number of methoxy groups -OCH3 is 2. The lowest BCUT2D eigenvalue weighted by Gasteiger charge is -2.19. The Bertz CT molecular complexity index is 1260. The number of carbonyl (C=O) groups excluding carboxylic acids is 1. The molecule has 2 aromatic carbocycles. The zero-order chi connectivity index (χ0) is 21.8. The first-order valence-corrected chi connectivity index (χ1v) is 9.10. The average molecular weight is 426 g/mol. The van der Waals surface area contributed by atoms with Crippen LogP contribution in [0.25, 0.3) is 11.4 Å². The number of hydrogen-bond donors (Lipinski definition) is 2. The molecule has 0 unspecified atom stereocenters. The fourth-order valence-corrected chi connectivity index (χ4v) is 3.39. The Morgan fingerprint density at radius 1 is 0.967 bits per heavy atom. The summed E-state index contributed by atoms with van der Waals surface area (Å²) in [6.07, 6.45) is 1.25. The van der Waals surface area contributed by atoms with Crippen LogP contribution in [0.15, 0.2) is 65.7 Å². The first-order valence-electron chi connectivity index (χ1n) is 8.69. The van der Waals surface area contributed by atoms with Crippen molar-refractivity contribution < 1.29 is 24.5 Å². The van der Waals surface area contributed by atoms with E-state index in [0.717, 1.165) is 15.2 Å². The topological polar surface area (TPSA) is 103 Å². The maximum atomic E-state index is 13.2. The predicted molar refractivity (Wildman–Crippen MR) is 113 cm³/mol. The molecule has 0 saturated carbocycles. The second kappa shape index (κ2) is 8.66. The van der Waals surface area contributed by atoms with E-state index < -0.39 is 22.8 Å². The highest BCUT2D eigenvalue weighted by molar-refractivity contribution is 7.71. The number of rotatable bonds is 6. The molecule has 0 aliphatic carbocycles. The van der Waals surface area contributed by atoms with E-state index >= 15 is 0 Å². The number of aliphatic hydroxyl groups excluding tert-OH is 1. The zero-order valence-corrected chi connectivity index (χ0v) is 16.9. The van der Waals surface area contributed by atoms with Gasteiger partial charge in [-0.15, -0.1) is 0 Å². The van der Waals surface area contributed by atoms with Crippen molar-refractivity contribution in [3.8, 4) is 28.8 Å². The highest BCUT2D eigenvalue weighted by Gasteiger charge is 2.25. The van der Waals surface area contributed by atoms with Crippen molar-refractivity contribution in [2.45, 2.75) is 0 Å². The van der Waals surface area contributed by atoms with Crippen LogP contribution in [0.2, 0.25) is 0 Å². The normalized spacial score (nSPS) is 10.9. The molecule has 1 heterocycles. The monoisotopic (exact) mass is 426 g/mol. The number of carbonyl (C=O) groups is 1. The van der Waals surface area contributed by atoms with Crippen LogP contribution in [0.5, 0.6) is 17.4 Å². The standard InChI is InChI=1S/C21H18N2O6S/c1-28-16-9-5-3-7-13(16)22-19(26)18(15(25)11-12-24)20(27)23(21(22)30)14-8-4-6-10-17(14)29-2/h3-12,24,26H,1-2H3/b12-11-. The molecule has 0 spiro atoms. The third kappa shape index (κ3) is 3.46. The van der Waals surface area contributed by atoms with E-state index in [4.69, 9.17) is 26.8 Å². The van der Waals surface area contributed by atoms with E-state index in [1.165, 1.54) is 14.2 Å². The summed E-state index contributed by atoms with van der Waals surface area (Å²) in [4.78, 5) is 25.8. The van der Waals surface area contributed by atoms with E-state index in [1.807, 2.05) is 0 Å². The Labute approximate surface area is 176 Å². The Morgan fingerprint density at radius 2 is 1.47 bits per heavy atom. The van der Waals surface area contributed by atoms with Gasteiger partial charge in [0.05, 0.1) is 31.9 Å². The van der Waals surface area contributed by atoms with Gasteiger partial charge in [0.25, 0.3) is 5.56 Å². The van der Waals surface area contributed by atoms with Crippen LogP contribution >= 0.6 is 12.2 Å². The summed E-state index contributed by atoms with van der Waals surface area (Å²) in [6, 6.07) is 13.3. The van der Waals surface area contributed by atoms with Gasteiger partial charge < -0.3 is 19.7 Å². The van der Waals surface area contributed by atoms with Gasteiger partial charge in [-0.05, 0) is 36.5 Å². The molecule has 0 aliphatic heterocycles. The number of ether oxygens (including phenoxy) is 2. The minimum atomic E-state index is -0.901. The summed E-state index contributed by atoms with van der Waals surface area (Å²) >= 11 is 5.53. The highest BCUT2D eigenvalue weighted by atomic mass is 32.1. The van der Waals surface area contributed by atoms with E-state index in [9.17, 15) is 14.7 Å². The molecule has 9 heteroatoms. The number of benzene rings is 2. The number of aromatic nitrogens is 2. The maximum absolute atomic E-state index is 13.2. The van der Waals surface area contributed by atoms with Crippen molar-refractivity contribution in [3.05, 3.63) is 81.6 Å². The van der Waals surface area contributed by atoms with Crippen molar-refractivity contribution in [2.24, 2.45) is 0 Å². The lowest BCUT2D eigenvalue weighted by molar-refractivity contribution is 0.103. The lowest BCUT2D eigenvalue weighted by Crippen LogP contribution is -2.29. The van der Waals surface area contributed by atoms with Crippen molar-refractivity contribution in [3.63, 3.8) is 0 Å². The number of nitrogens with zero attached hydrogens (tertiary/aromatic N) is 2. The van der Waals surface area contributed by atoms with Gasteiger partial charge >= 0.3 is 0 Å². The van der Waals surface area contributed by atoms with Crippen LogP contribution in [0.1, 0.15) is 10.4 Å². The molecule has 0 amide bonds. The van der Waals surface area contributed by atoms with E-state index in [2.05, 4.69) is 0 Å². The molecule has 0 atom stereocenters. The fourth-order valence-electron chi connectivity index (χ4n) is 3.02. The molecule has 30 heavy (non-hydrogen) atoms. The molecule has 3 rings (SSSR count). The molecule has 0 bridgehead atoms. The lowest BCUT2D eigenvalue weighted by atomic mass is 10.2. The zero-order valence-electron chi connectivity index (χ0n) is 16.1. The Kier molecular flexibility index (Phi) is 6.03. The van der Waals surface area contributed by atoms with E-state index in [1.54, 1.807) is 48.5 Å². The van der Waals surface area contributed by atoms with Gasteiger partial charge in [-0.3, -0.25) is 14.2 Å². The number of para-hydroxylation sites is 4. The van der Waals surface area contributed by atoms with Gasteiger partial charge in [-0.2, -0.15) is 0 Å². The largest absolute Gasteiger partial charge is 0.515 e. The Balaban J connectivity index is 2.54. The van der Waals surface area contributed by atoms with Crippen molar-refractivity contribution >= 4 is 18.0 Å². The number of ketones is 1. The van der Waals surface area contributed by atoms with Gasteiger partial charge in [-0.1, -0.05) is 24.3 Å². The van der Waals surface area contributed by atoms with Gasteiger partial charge in [0.1, 0.15) is 17.1 Å². The van der Waals surface area contributed by atoms with Crippen LogP contribution < -0.4 is 15.0 Å². The Hall–Kier alpha value is -3.85. The molecule has 1 aromatic heterocycles. The summed E-state index contributed by atoms with van der Waals surface area (Å²) < 4.78 is 12.8. The van der Waals surface area contributed by atoms with Crippen LogP contribution in [-0.4, -0.2) is 39.4 Å². The molecule has 0 radical (unpaired) electrons. The van der Waals surface area contributed by atoms with Gasteiger partial charge in [-0.25, -0.2) is 4.57 Å². The fraction of sp³-hybridized carbons (Fsp3) is 0.0952. The molecular weight excluding hydrogens is 408 g/mol. The maximum Gasteiger partial charge on any atom is 0.274 e. The molecule has 8 nitrogen and oxygen atoms in total. The van der Waals surface area contributed by atoms with Crippen LogP contribution in [0.3, 0.4) is 0 Å². The SMILES string of the molecule is COc1ccccc1-n1c(O)c(C(=O)/C=C\O)c(=O)n(-c2ccccc2OC)c1=S. The van der Waals surface area contributed by atoms with E-state index in [-0.39, 0.29) is 10.5 Å². The van der Waals surface area contributed by atoms with Gasteiger partial charge in [0.15, 0.2) is 10.6 Å². The van der Waals surface area contributed by atoms with Crippen LogP contribution in [-0.2, 0) is 0 Å². The molecule has 0 saturated heterocycles.